The van der Waals surface area contributed by atoms with Crippen molar-refractivity contribution in [3.05, 3.63) is 22.4 Å². The van der Waals surface area contributed by atoms with Crippen LogP contribution in [-0.2, 0) is 16.4 Å². The van der Waals surface area contributed by atoms with Crippen molar-refractivity contribution in [1.29, 1.82) is 0 Å². The van der Waals surface area contributed by atoms with Crippen LogP contribution in [0.15, 0.2) is 17.5 Å². The second-order valence-electron chi connectivity index (χ2n) is 3.66. The van der Waals surface area contributed by atoms with Gasteiger partial charge in [-0.05, 0) is 31.2 Å². The summed E-state index contributed by atoms with van der Waals surface area (Å²) in [5.74, 6) is 0.478. The quantitative estimate of drug-likeness (QED) is 0.779. The summed E-state index contributed by atoms with van der Waals surface area (Å²) in [6.45, 7) is 1.87. The van der Waals surface area contributed by atoms with Gasteiger partial charge in [0.15, 0.2) is 0 Å². The Bertz CT molecular complexity index is 389. The van der Waals surface area contributed by atoms with E-state index in [0.29, 0.717) is 12.3 Å². The molecule has 0 saturated heterocycles. The highest BCUT2D eigenvalue weighted by Gasteiger charge is 2.14. The van der Waals surface area contributed by atoms with E-state index < -0.39 is 10.0 Å². The van der Waals surface area contributed by atoms with E-state index in [2.05, 4.69) is 4.72 Å². The number of hydrogen-bond donors (Lipinski definition) is 1. The van der Waals surface area contributed by atoms with Crippen molar-refractivity contribution in [2.24, 2.45) is 0 Å². The Morgan fingerprint density at radius 2 is 2.31 bits per heavy atom. The van der Waals surface area contributed by atoms with Crippen LogP contribution in [0.5, 0.6) is 0 Å². The van der Waals surface area contributed by atoms with Gasteiger partial charge in [-0.3, -0.25) is 0 Å². The van der Waals surface area contributed by atoms with Gasteiger partial charge in [-0.25, -0.2) is 13.1 Å². The lowest BCUT2D eigenvalue weighted by Gasteiger charge is -2.12. The molecule has 0 saturated carbocycles. The minimum atomic E-state index is -3.18. The van der Waals surface area contributed by atoms with Crippen molar-refractivity contribution in [3.8, 4) is 0 Å². The highest BCUT2D eigenvalue weighted by molar-refractivity contribution is 7.89. The lowest BCUT2D eigenvalue weighted by molar-refractivity contribution is 0.559. The molecule has 0 amide bonds. The molecule has 1 rings (SSSR count). The third-order valence-electron chi connectivity index (χ3n) is 2.01. The number of thiophene rings is 1. The molecule has 0 aliphatic rings. The van der Waals surface area contributed by atoms with Crippen molar-refractivity contribution in [1.82, 2.24) is 4.72 Å². The van der Waals surface area contributed by atoms with Crippen molar-refractivity contribution >= 4 is 33.0 Å². The molecule has 6 heteroatoms. The van der Waals surface area contributed by atoms with Crippen LogP contribution in [0.2, 0.25) is 0 Å². The summed E-state index contributed by atoms with van der Waals surface area (Å²) < 4.78 is 25.8. The predicted molar refractivity (Wildman–Crippen MR) is 69.7 cm³/mol. The summed E-state index contributed by atoms with van der Waals surface area (Å²) in [7, 11) is -3.18. The van der Waals surface area contributed by atoms with Crippen LogP contribution in [0, 0.1) is 0 Å². The average molecular weight is 282 g/mol. The smallest absolute Gasteiger partial charge is 0.211 e. The zero-order valence-electron chi connectivity index (χ0n) is 9.15. The Balaban J connectivity index is 2.41. The molecule has 1 aromatic heterocycles. The minimum Gasteiger partial charge on any atom is -0.212 e. The first-order valence-electron chi connectivity index (χ1n) is 5.12. The van der Waals surface area contributed by atoms with E-state index in [4.69, 9.17) is 11.6 Å². The molecule has 0 radical (unpaired) electrons. The molecule has 0 aliphatic carbocycles. The second-order valence-corrected chi connectivity index (χ2v) is 6.95. The third kappa shape index (κ3) is 5.30. The number of nitrogens with one attached hydrogen (secondary N) is 1. The summed E-state index contributed by atoms with van der Waals surface area (Å²) in [5, 5.41) is 1.99. The van der Waals surface area contributed by atoms with Crippen LogP contribution < -0.4 is 4.72 Å². The molecule has 0 spiro atoms. The van der Waals surface area contributed by atoms with Crippen LogP contribution in [-0.4, -0.2) is 26.1 Å². The monoisotopic (exact) mass is 281 g/mol. The van der Waals surface area contributed by atoms with E-state index in [0.717, 1.165) is 6.42 Å². The fourth-order valence-electron chi connectivity index (χ4n) is 1.38. The predicted octanol–water partition coefficient (Wildman–Crippen LogP) is 2.23. The maximum atomic E-state index is 11.6. The first-order valence-corrected chi connectivity index (χ1v) is 8.18. The van der Waals surface area contributed by atoms with E-state index in [1.54, 1.807) is 11.3 Å². The zero-order chi connectivity index (χ0) is 12.0. The third-order valence-corrected chi connectivity index (χ3v) is 4.77. The highest BCUT2D eigenvalue weighted by atomic mass is 35.5. The van der Waals surface area contributed by atoms with Gasteiger partial charge in [-0.15, -0.1) is 22.9 Å². The van der Waals surface area contributed by atoms with E-state index in [-0.39, 0.29) is 11.8 Å². The van der Waals surface area contributed by atoms with Gasteiger partial charge < -0.3 is 0 Å². The van der Waals surface area contributed by atoms with Crippen LogP contribution in [0.1, 0.15) is 18.2 Å². The first kappa shape index (κ1) is 14.0. The van der Waals surface area contributed by atoms with E-state index >= 15 is 0 Å². The molecule has 1 heterocycles. The normalized spacial score (nSPS) is 13.9. The molecular formula is C10H16ClNO2S2. The molecule has 0 aromatic carbocycles. The molecule has 0 aliphatic heterocycles. The van der Waals surface area contributed by atoms with Crippen molar-refractivity contribution in [2.45, 2.75) is 25.8 Å². The minimum absolute atomic E-state index is 0.0704. The maximum Gasteiger partial charge on any atom is 0.211 e. The second kappa shape index (κ2) is 6.59. The summed E-state index contributed by atoms with van der Waals surface area (Å²) in [6, 6.07) is 3.90. The standard InChI is InChI=1S/C10H16ClNO2S2/c1-9(8-10-4-2-6-15-10)12-16(13,14)7-3-5-11/h2,4,6,9,12H,3,5,7-8H2,1H3. The van der Waals surface area contributed by atoms with Crippen molar-refractivity contribution < 1.29 is 8.42 Å². The lowest BCUT2D eigenvalue weighted by atomic mass is 10.2. The van der Waals surface area contributed by atoms with E-state index in [1.165, 1.54) is 4.88 Å². The van der Waals surface area contributed by atoms with Crippen LogP contribution in [0.25, 0.3) is 0 Å². The molecule has 1 N–H and O–H groups in total. The van der Waals surface area contributed by atoms with E-state index in [1.807, 2.05) is 24.4 Å². The Kier molecular flexibility index (Phi) is 5.75. The largest absolute Gasteiger partial charge is 0.212 e. The molecular weight excluding hydrogens is 266 g/mol. The summed E-state index contributed by atoms with van der Waals surface area (Å²) in [5.41, 5.74) is 0. The summed E-state index contributed by atoms with van der Waals surface area (Å²) >= 11 is 7.11. The summed E-state index contributed by atoms with van der Waals surface area (Å²) in [6.07, 6.45) is 1.22. The van der Waals surface area contributed by atoms with Gasteiger partial charge in [0.05, 0.1) is 5.75 Å². The topological polar surface area (TPSA) is 46.2 Å². The SMILES string of the molecule is CC(Cc1cccs1)NS(=O)(=O)CCCCl. The van der Waals surface area contributed by atoms with Gasteiger partial charge in [-0.2, -0.15) is 0 Å². The number of halogens is 1. The van der Waals surface area contributed by atoms with Crippen molar-refractivity contribution in [3.63, 3.8) is 0 Å². The molecule has 1 unspecified atom stereocenters. The van der Waals surface area contributed by atoms with E-state index in [9.17, 15) is 8.42 Å². The first-order chi connectivity index (χ1) is 7.53. The van der Waals surface area contributed by atoms with Gasteiger partial charge in [0.2, 0.25) is 10.0 Å². The zero-order valence-corrected chi connectivity index (χ0v) is 11.5. The lowest BCUT2D eigenvalue weighted by Crippen LogP contribution is -2.35. The number of alkyl halides is 1. The fraction of sp³-hybridized carbons (Fsp3) is 0.600. The molecule has 1 atom stereocenters. The molecule has 3 nitrogen and oxygen atoms in total. The Hall–Kier alpha value is -0.100. The molecule has 1 aromatic rings. The van der Waals surface area contributed by atoms with Gasteiger partial charge in [-0.1, -0.05) is 6.07 Å². The van der Waals surface area contributed by atoms with Gasteiger partial charge in [0.1, 0.15) is 0 Å². The van der Waals surface area contributed by atoms with Crippen molar-refractivity contribution in [2.75, 3.05) is 11.6 Å². The van der Waals surface area contributed by atoms with Crippen LogP contribution in [0.4, 0.5) is 0 Å². The van der Waals surface area contributed by atoms with Gasteiger partial charge in [0, 0.05) is 16.8 Å². The fourth-order valence-corrected chi connectivity index (χ4v) is 3.85. The number of hydrogen-bond acceptors (Lipinski definition) is 3. The molecule has 0 bridgehead atoms. The molecule has 16 heavy (non-hydrogen) atoms. The van der Waals surface area contributed by atoms with Gasteiger partial charge in [0.25, 0.3) is 0 Å². The summed E-state index contributed by atoms with van der Waals surface area (Å²) in [4.78, 5) is 1.19. The molecule has 92 valence electrons. The highest BCUT2D eigenvalue weighted by Crippen LogP contribution is 2.11. The van der Waals surface area contributed by atoms with Gasteiger partial charge >= 0.3 is 0 Å². The Morgan fingerprint density at radius 1 is 1.56 bits per heavy atom. The average Bonchev–Trinajstić information content (AvgIpc) is 2.66. The van der Waals surface area contributed by atoms with Crippen LogP contribution in [0.3, 0.4) is 0 Å². The Labute approximate surface area is 106 Å². The van der Waals surface area contributed by atoms with Crippen LogP contribution >= 0.6 is 22.9 Å². The number of sulfonamides is 1. The maximum absolute atomic E-state index is 11.6. The Morgan fingerprint density at radius 3 is 2.88 bits per heavy atom. The molecule has 0 fully saturated rings. The number of rotatable bonds is 7.